The minimum absolute atomic E-state index is 0.00365. The highest BCUT2D eigenvalue weighted by Crippen LogP contribution is 2.28. The van der Waals surface area contributed by atoms with E-state index in [1.807, 2.05) is 30.3 Å². The Kier molecular flexibility index (Phi) is 4.10. The third-order valence-corrected chi connectivity index (χ3v) is 5.30. The predicted molar refractivity (Wildman–Crippen MR) is 96.0 cm³/mol. The van der Waals surface area contributed by atoms with Crippen LogP contribution < -0.4 is 5.56 Å². The van der Waals surface area contributed by atoms with Gasteiger partial charge in [0.15, 0.2) is 0 Å². The van der Waals surface area contributed by atoms with Gasteiger partial charge < -0.3 is 14.6 Å². The van der Waals surface area contributed by atoms with Crippen molar-refractivity contribution < 1.29 is 9.53 Å². The summed E-state index contributed by atoms with van der Waals surface area (Å²) in [6.07, 6.45) is -0.381. The molecule has 3 aromatic rings. The van der Waals surface area contributed by atoms with Gasteiger partial charge in [-0.1, -0.05) is 18.2 Å². The minimum atomic E-state index is -0.381. The number of rotatable bonds is 2. The maximum absolute atomic E-state index is 12.9. The summed E-state index contributed by atoms with van der Waals surface area (Å²) >= 11 is 1.50. The lowest BCUT2D eigenvalue weighted by atomic mass is 10.2. The second-order valence-electron chi connectivity index (χ2n) is 6.01. The molecule has 0 unspecified atom stereocenters. The fraction of sp³-hybridized carbons (Fsp3) is 0.278. The number of hydrogen-bond donors (Lipinski definition) is 1. The van der Waals surface area contributed by atoms with Gasteiger partial charge in [-0.25, -0.2) is 4.98 Å². The van der Waals surface area contributed by atoms with Crippen LogP contribution in [0.1, 0.15) is 27.3 Å². The van der Waals surface area contributed by atoms with E-state index in [1.54, 1.807) is 11.8 Å². The van der Waals surface area contributed by atoms with Crippen LogP contribution in [0.2, 0.25) is 0 Å². The molecular formula is C18H17N3O3S. The number of aromatic nitrogens is 2. The average Bonchev–Trinajstić information content (AvgIpc) is 3.04. The third-order valence-electron chi connectivity index (χ3n) is 4.20. The Morgan fingerprint density at radius 3 is 3.00 bits per heavy atom. The molecule has 2 aromatic heterocycles. The first-order chi connectivity index (χ1) is 12.1. The first kappa shape index (κ1) is 16.0. The minimum Gasteiger partial charge on any atom is -0.368 e. The lowest BCUT2D eigenvalue weighted by Crippen LogP contribution is -2.42. The van der Waals surface area contributed by atoms with E-state index in [0.29, 0.717) is 31.2 Å². The number of fused-ring (bicyclic) bond motifs is 1. The number of carbonyl (C=O) groups excluding carboxylic acids is 1. The van der Waals surface area contributed by atoms with Crippen LogP contribution in [0.15, 0.2) is 41.2 Å². The fourth-order valence-electron chi connectivity index (χ4n) is 3.02. The second-order valence-corrected chi connectivity index (χ2v) is 7.10. The first-order valence-corrected chi connectivity index (χ1v) is 8.89. The van der Waals surface area contributed by atoms with Crippen molar-refractivity contribution in [2.24, 2.45) is 0 Å². The topological polar surface area (TPSA) is 75.3 Å². The number of hydrogen-bond acceptors (Lipinski definition) is 5. The van der Waals surface area contributed by atoms with Crippen molar-refractivity contribution in [3.8, 4) is 0 Å². The Balaban J connectivity index is 1.58. The summed E-state index contributed by atoms with van der Waals surface area (Å²) in [7, 11) is 0. The monoisotopic (exact) mass is 355 g/mol. The summed E-state index contributed by atoms with van der Waals surface area (Å²) in [5.41, 5.74) is 0.356. The average molecular weight is 355 g/mol. The number of amides is 1. The molecule has 1 aliphatic rings. The Bertz CT molecular complexity index is 961. The van der Waals surface area contributed by atoms with E-state index < -0.39 is 0 Å². The van der Waals surface area contributed by atoms with Crippen LogP contribution >= 0.6 is 11.3 Å². The molecule has 0 spiro atoms. The second kappa shape index (κ2) is 6.42. The number of nitrogens with one attached hydrogen (secondary N) is 1. The highest BCUT2D eigenvalue weighted by atomic mass is 32.1. The number of thiophene rings is 1. The zero-order valence-corrected chi connectivity index (χ0v) is 14.5. The standard InChI is InChI=1S/C18H17N3O3S/c1-11-19-13(9-17(22)20-11)14-10-21(6-7-24-14)18(23)16-8-12-4-2-3-5-15(12)25-16/h2-5,8-9,14H,6-7,10H2,1H3,(H,19,20,22)/t14-/m0/s1. The summed E-state index contributed by atoms with van der Waals surface area (Å²) in [5, 5.41) is 1.08. The Labute approximate surface area is 148 Å². The lowest BCUT2D eigenvalue weighted by molar-refractivity contribution is -0.0247. The molecule has 1 atom stereocenters. The Morgan fingerprint density at radius 1 is 1.36 bits per heavy atom. The molecule has 3 heterocycles. The van der Waals surface area contributed by atoms with E-state index in [-0.39, 0.29) is 17.6 Å². The number of morpholine rings is 1. The maximum atomic E-state index is 12.9. The van der Waals surface area contributed by atoms with Crippen molar-refractivity contribution in [2.75, 3.05) is 19.7 Å². The Hall–Kier alpha value is -2.51. The van der Waals surface area contributed by atoms with Crippen molar-refractivity contribution in [1.82, 2.24) is 14.9 Å². The van der Waals surface area contributed by atoms with Crippen LogP contribution in [0.25, 0.3) is 10.1 Å². The summed E-state index contributed by atoms with van der Waals surface area (Å²) in [6.45, 7) is 3.08. The van der Waals surface area contributed by atoms with Gasteiger partial charge in [0.1, 0.15) is 11.9 Å². The highest BCUT2D eigenvalue weighted by molar-refractivity contribution is 7.20. The van der Waals surface area contributed by atoms with Crippen molar-refractivity contribution in [3.63, 3.8) is 0 Å². The molecule has 1 aliphatic heterocycles. The number of carbonyl (C=O) groups is 1. The van der Waals surface area contributed by atoms with Gasteiger partial charge in [-0.05, 0) is 24.4 Å². The molecule has 128 valence electrons. The van der Waals surface area contributed by atoms with Crippen LogP contribution in [-0.2, 0) is 4.74 Å². The SMILES string of the molecule is Cc1nc([C@@H]2CN(C(=O)c3cc4ccccc4s3)CCO2)cc(=O)[nH]1. The third kappa shape index (κ3) is 3.20. The molecule has 6 nitrogen and oxygen atoms in total. The zero-order valence-electron chi connectivity index (χ0n) is 13.7. The molecule has 1 N–H and O–H groups in total. The molecule has 7 heteroatoms. The van der Waals surface area contributed by atoms with Crippen LogP contribution in [0, 0.1) is 6.92 Å². The van der Waals surface area contributed by atoms with Gasteiger partial charge in [0.05, 0.1) is 23.7 Å². The van der Waals surface area contributed by atoms with E-state index in [1.165, 1.54) is 17.4 Å². The van der Waals surface area contributed by atoms with Gasteiger partial charge in [-0.15, -0.1) is 11.3 Å². The lowest BCUT2D eigenvalue weighted by Gasteiger charge is -2.32. The van der Waals surface area contributed by atoms with Gasteiger partial charge in [-0.3, -0.25) is 9.59 Å². The quantitative estimate of drug-likeness (QED) is 0.766. The number of ether oxygens (including phenoxy) is 1. The van der Waals surface area contributed by atoms with Crippen molar-refractivity contribution in [3.05, 3.63) is 63.1 Å². The van der Waals surface area contributed by atoms with Crippen molar-refractivity contribution in [2.45, 2.75) is 13.0 Å². The van der Waals surface area contributed by atoms with Crippen LogP contribution in [0.4, 0.5) is 0 Å². The number of H-pyrrole nitrogens is 1. The molecule has 0 radical (unpaired) electrons. The molecule has 1 saturated heterocycles. The molecule has 0 bridgehead atoms. The summed E-state index contributed by atoms with van der Waals surface area (Å²) in [4.78, 5) is 34.0. The van der Waals surface area contributed by atoms with E-state index in [0.717, 1.165) is 15.0 Å². The normalized spacial score (nSPS) is 17.8. The van der Waals surface area contributed by atoms with Gasteiger partial charge >= 0.3 is 0 Å². The maximum Gasteiger partial charge on any atom is 0.264 e. The zero-order chi connectivity index (χ0) is 17.4. The van der Waals surface area contributed by atoms with Gasteiger partial charge in [0, 0.05) is 17.3 Å². The summed E-state index contributed by atoms with van der Waals surface area (Å²) in [5.74, 6) is 0.537. The summed E-state index contributed by atoms with van der Waals surface area (Å²) in [6, 6.07) is 11.3. The van der Waals surface area contributed by atoms with Crippen molar-refractivity contribution >= 4 is 27.3 Å². The number of aromatic amines is 1. The molecule has 25 heavy (non-hydrogen) atoms. The smallest absolute Gasteiger partial charge is 0.264 e. The molecule has 0 saturated carbocycles. The highest BCUT2D eigenvalue weighted by Gasteiger charge is 2.28. The Morgan fingerprint density at radius 2 is 2.20 bits per heavy atom. The van der Waals surface area contributed by atoms with E-state index >= 15 is 0 Å². The van der Waals surface area contributed by atoms with Crippen molar-refractivity contribution in [1.29, 1.82) is 0 Å². The first-order valence-electron chi connectivity index (χ1n) is 8.07. The molecule has 0 aliphatic carbocycles. The van der Waals surface area contributed by atoms with E-state index in [4.69, 9.17) is 4.74 Å². The molecule has 4 rings (SSSR count). The van der Waals surface area contributed by atoms with E-state index in [9.17, 15) is 9.59 Å². The molecular weight excluding hydrogens is 338 g/mol. The molecule has 1 amide bonds. The molecule has 1 fully saturated rings. The van der Waals surface area contributed by atoms with Crippen LogP contribution in [0.5, 0.6) is 0 Å². The molecule has 1 aromatic carbocycles. The van der Waals surface area contributed by atoms with Crippen LogP contribution in [0.3, 0.4) is 0 Å². The fourth-order valence-corrected chi connectivity index (χ4v) is 4.05. The van der Waals surface area contributed by atoms with Crippen LogP contribution in [-0.4, -0.2) is 40.5 Å². The number of nitrogens with zero attached hydrogens (tertiary/aromatic N) is 2. The summed E-state index contributed by atoms with van der Waals surface area (Å²) < 4.78 is 6.84. The van der Waals surface area contributed by atoms with E-state index in [2.05, 4.69) is 9.97 Å². The number of aryl methyl sites for hydroxylation is 1. The van der Waals surface area contributed by atoms with Gasteiger partial charge in [0.25, 0.3) is 11.5 Å². The largest absolute Gasteiger partial charge is 0.368 e. The predicted octanol–water partition coefficient (Wildman–Crippen LogP) is 2.51. The number of benzene rings is 1. The van der Waals surface area contributed by atoms with Gasteiger partial charge in [-0.2, -0.15) is 0 Å². The van der Waals surface area contributed by atoms with Gasteiger partial charge in [0.2, 0.25) is 0 Å².